The molecule has 32 heavy (non-hydrogen) atoms. The first-order chi connectivity index (χ1) is 15.7. The molecule has 0 radical (unpaired) electrons. The first-order valence-electron chi connectivity index (χ1n) is 11.4. The quantitative estimate of drug-likeness (QED) is 0.672. The van der Waals surface area contributed by atoms with E-state index in [1.165, 1.54) is 11.1 Å². The lowest BCUT2D eigenvalue weighted by atomic mass is 9.81. The fourth-order valence-electron chi connectivity index (χ4n) is 4.86. The topological polar surface area (TPSA) is 88.7 Å². The molecule has 1 saturated carbocycles. The number of hydrogen-bond acceptors (Lipinski definition) is 5. The molecule has 7 nitrogen and oxygen atoms in total. The number of amides is 2. The Morgan fingerprint density at radius 1 is 0.938 bits per heavy atom. The Labute approximate surface area is 187 Å². The van der Waals surface area contributed by atoms with Crippen molar-refractivity contribution in [3.05, 3.63) is 53.6 Å². The largest absolute Gasteiger partial charge is 0.454 e. The number of carbonyl (C=O) groups is 2. The molecule has 2 aliphatic heterocycles. The van der Waals surface area contributed by atoms with Gasteiger partial charge in [-0.2, -0.15) is 0 Å². The smallest absolute Gasteiger partial charge is 0.237 e. The van der Waals surface area contributed by atoms with Crippen molar-refractivity contribution >= 4 is 17.5 Å². The Balaban J connectivity index is 1.05. The zero-order valence-corrected chi connectivity index (χ0v) is 18.1. The summed E-state index contributed by atoms with van der Waals surface area (Å²) in [5.74, 6) is 1.92. The monoisotopic (exact) mass is 435 g/mol. The van der Waals surface area contributed by atoms with Gasteiger partial charge in [0.05, 0.1) is 6.04 Å². The van der Waals surface area contributed by atoms with Crippen LogP contribution in [0, 0.1) is 11.8 Å². The van der Waals surface area contributed by atoms with Crippen LogP contribution in [0.2, 0.25) is 0 Å². The maximum Gasteiger partial charge on any atom is 0.237 e. The van der Waals surface area contributed by atoms with E-state index in [1.807, 2.05) is 24.3 Å². The molecule has 0 aromatic heterocycles. The average molecular weight is 436 g/mol. The molecule has 3 N–H and O–H groups in total. The van der Waals surface area contributed by atoms with Crippen LogP contribution >= 0.6 is 0 Å². The van der Waals surface area contributed by atoms with E-state index in [9.17, 15) is 9.59 Å². The van der Waals surface area contributed by atoms with E-state index < -0.39 is 0 Å². The summed E-state index contributed by atoms with van der Waals surface area (Å²) >= 11 is 0. The van der Waals surface area contributed by atoms with Gasteiger partial charge in [0.15, 0.2) is 11.5 Å². The van der Waals surface area contributed by atoms with Crippen LogP contribution < -0.4 is 25.4 Å². The number of carbonyl (C=O) groups excluding carboxylic acids is 2. The molecule has 1 fully saturated rings. The molecule has 3 aliphatic rings. The lowest BCUT2D eigenvalue weighted by molar-refractivity contribution is -0.124. The molecular formula is C25H29N3O4. The normalized spacial score (nSPS) is 23.8. The molecular weight excluding hydrogens is 406 g/mol. The number of nitrogens with one attached hydrogen (secondary N) is 3. The minimum absolute atomic E-state index is 0.00360. The summed E-state index contributed by atoms with van der Waals surface area (Å²) in [6, 6.07) is 13.6. The van der Waals surface area contributed by atoms with Crippen molar-refractivity contribution in [2.75, 3.05) is 18.7 Å². The molecule has 2 heterocycles. The summed E-state index contributed by atoms with van der Waals surface area (Å²) in [6.07, 6.45) is 4.30. The van der Waals surface area contributed by atoms with Crippen molar-refractivity contribution in [2.45, 2.75) is 44.7 Å². The molecule has 5 rings (SSSR count). The maximum absolute atomic E-state index is 12.7. The number of anilines is 1. The van der Waals surface area contributed by atoms with Gasteiger partial charge in [-0.1, -0.05) is 24.3 Å². The van der Waals surface area contributed by atoms with E-state index in [4.69, 9.17) is 9.47 Å². The van der Waals surface area contributed by atoms with E-state index in [0.717, 1.165) is 44.3 Å². The molecule has 168 valence electrons. The lowest BCUT2D eigenvalue weighted by Crippen LogP contribution is -2.48. The van der Waals surface area contributed by atoms with E-state index in [2.05, 4.69) is 28.1 Å². The van der Waals surface area contributed by atoms with Crippen LogP contribution in [-0.2, 0) is 22.6 Å². The van der Waals surface area contributed by atoms with Gasteiger partial charge in [-0.05, 0) is 61.3 Å². The van der Waals surface area contributed by atoms with Gasteiger partial charge in [0.2, 0.25) is 18.6 Å². The highest BCUT2D eigenvalue weighted by atomic mass is 16.7. The molecule has 2 amide bonds. The van der Waals surface area contributed by atoms with Crippen LogP contribution in [0.1, 0.15) is 36.8 Å². The van der Waals surface area contributed by atoms with E-state index in [-0.39, 0.29) is 30.6 Å². The molecule has 2 aromatic rings. The zero-order chi connectivity index (χ0) is 21.9. The Bertz CT molecular complexity index is 1000. The number of ether oxygens (including phenoxy) is 2. The number of benzene rings is 2. The first kappa shape index (κ1) is 20.8. The van der Waals surface area contributed by atoms with Crippen molar-refractivity contribution in [3.63, 3.8) is 0 Å². The molecule has 0 unspecified atom stereocenters. The van der Waals surface area contributed by atoms with Crippen molar-refractivity contribution in [3.8, 4) is 11.5 Å². The van der Waals surface area contributed by atoms with Gasteiger partial charge in [-0.3, -0.25) is 9.59 Å². The summed E-state index contributed by atoms with van der Waals surface area (Å²) in [5.41, 5.74) is 3.25. The summed E-state index contributed by atoms with van der Waals surface area (Å²) in [5, 5.41) is 9.48. The van der Waals surface area contributed by atoms with Gasteiger partial charge in [0.25, 0.3) is 0 Å². The Hall–Kier alpha value is -3.06. The minimum atomic E-state index is -0.172. The molecule has 7 heteroatoms. The van der Waals surface area contributed by atoms with Gasteiger partial charge in [0, 0.05) is 30.8 Å². The van der Waals surface area contributed by atoms with Crippen LogP contribution in [0.15, 0.2) is 42.5 Å². The molecule has 2 aromatic carbocycles. The third-order valence-corrected chi connectivity index (χ3v) is 6.82. The fraction of sp³-hybridized carbons (Fsp3) is 0.440. The van der Waals surface area contributed by atoms with Crippen molar-refractivity contribution in [2.24, 2.45) is 11.8 Å². The Morgan fingerprint density at radius 3 is 2.56 bits per heavy atom. The summed E-state index contributed by atoms with van der Waals surface area (Å²) in [4.78, 5) is 25.3. The number of fused-ring (bicyclic) bond motifs is 2. The summed E-state index contributed by atoms with van der Waals surface area (Å²) in [7, 11) is 0. The highest BCUT2D eigenvalue weighted by molar-refractivity contribution is 5.93. The van der Waals surface area contributed by atoms with E-state index in [1.54, 1.807) is 6.07 Å². The highest BCUT2D eigenvalue weighted by Gasteiger charge is 2.28. The van der Waals surface area contributed by atoms with Gasteiger partial charge < -0.3 is 25.4 Å². The number of hydrogen-bond donors (Lipinski definition) is 3. The molecule has 0 saturated heterocycles. The third kappa shape index (κ3) is 4.58. The molecule has 0 spiro atoms. The van der Waals surface area contributed by atoms with Gasteiger partial charge in [-0.15, -0.1) is 0 Å². The zero-order valence-electron chi connectivity index (χ0n) is 18.1. The Kier molecular flexibility index (Phi) is 5.99. The maximum atomic E-state index is 12.7. The highest BCUT2D eigenvalue weighted by Crippen LogP contribution is 2.35. The fourth-order valence-corrected chi connectivity index (χ4v) is 4.86. The number of rotatable bonds is 5. The molecule has 0 bridgehead atoms. The summed E-state index contributed by atoms with van der Waals surface area (Å²) in [6.45, 7) is 1.63. The summed E-state index contributed by atoms with van der Waals surface area (Å²) < 4.78 is 10.7. The lowest BCUT2D eigenvalue weighted by Gasteiger charge is -2.29. The van der Waals surface area contributed by atoms with Crippen molar-refractivity contribution in [1.82, 2.24) is 10.6 Å². The van der Waals surface area contributed by atoms with Gasteiger partial charge in [0.1, 0.15) is 0 Å². The van der Waals surface area contributed by atoms with Crippen LogP contribution in [0.3, 0.4) is 0 Å². The predicted octanol–water partition coefficient (Wildman–Crippen LogP) is 2.99. The van der Waals surface area contributed by atoms with E-state index >= 15 is 0 Å². The Morgan fingerprint density at radius 2 is 1.72 bits per heavy atom. The third-order valence-electron chi connectivity index (χ3n) is 6.82. The van der Waals surface area contributed by atoms with E-state index in [0.29, 0.717) is 24.0 Å². The standard InChI is InChI=1S/C25H29N3O4/c29-24(28-20-9-10-22-23(12-20)32-15-31-22)17-7-5-16(6-8-17)13-27-25(30)21-11-18-3-1-2-4-19(18)14-26-21/h1-4,9-10,12,16-17,21,26H,5-8,11,13-15H2,(H,27,30)(H,28,29)/t16?,17?,21-/m0/s1. The van der Waals surface area contributed by atoms with Crippen LogP contribution in [0.4, 0.5) is 5.69 Å². The molecule has 1 aliphatic carbocycles. The average Bonchev–Trinajstić information content (AvgIpc) is 3.30. The second-order valence-electron chi connectivity index (χ2n) is 8.93. The first-order valence-corrected chi connectivity index (χ1v) is 11.4. The van der Waals surface area contributed by atoms with Crippen LogP contribution in [0.5, 0.6) is 11.5 Å². The SMILES string of the molecule is O=C(Nc1ccc2c(c1)OCO2)C1CCC(CNC(=O)[C@@H]2Cc3ccccc3CN2)CC1. The molecule has 1 atom stereocenters. The van der Waals surface area contributed by atoms with Crippen LogP contribution in [-0.4, -0.2) is 31.2 Å². The van der Waals surface area contributed by atoms with Gasteiger partial charge in [-0.25, -0.2) is 0 Å². The second-order valence-corrected chi connectivity index (χ2v) is 8.93. The second kappa shape index (κ2) is 9.20. The van der Waals surface area contributed by atoms with Crippen molar-refractivity contribution < 1.29 is 19.1 Å². The van der Waals surface area contributed by atoms with Crippen molar-refractivity contribution in [1.29, 1.82) is 0 Å². The van der Waals surface area contributed by atoms with Crippen LogP contribution in [0.25, 0.3) is 0 Å². The van der Waals surface area contributed by atoms with Gasteiger partial charge >= 0.3 is 0 Å². The predicted molar refractivity (Wildman–Crippen MR) is 120 cm³/mol. The minimum Gasteiger partial charge on any atom is -0.454 e.